The molecule has 1 aliphatic heterocycles. The largest absolute Gasteiger partial charge is 0.369 e. The quantitative estimate of drug-likeness (QED) is 0.450. The third-order valence-corrected chi connectivity index (χ3v) is 6.32. The van der Waals surface area contributed by atoms with Gasteiger partial charge in [-0.05, 0) is 54.4 Å². The molecule has 5 heteroatoms. The number of anilines is 1. The zero-order valence-corrected chi connectivity index (χ0v) is 18.1. The highest BCUT2D eigenvalue weighted by Crippen LogP contribution is 2.31. The van der Waals surface area contributed by atoms with Crippen LogP contribution in [-0.2, 0) is 0 Å². The second kappa shape index (κ2) is 7.77. The van der Waals surface area contributed by atoms with Crippen molar-refractivity contribution in [3.8, 4) is 22.4 Å². The van der Waals surface area contributed by atoms with Crippen LogP contribution in [0.3, 0.4) is 0 Å². The molecule has 5 nitrogen and oxygen atoms in total. The van der Waals surface area contributed by atoms with E-state index in [2.05, 4.69) is 86.5 Å². The van der Waals surface area contributed by atoms with Gasteiger partial charge in [0.2, 0.25) is 0 Å². The van der Waals surface area contributed by atoms with Crippen LogP contribution in [0, 0.1) is 6.92 Å². The summed E-state index contributed by atoms with van der Waals surface area (Å²) in [6.07, 6.45) is 4.09. The molecule has 4 heterocycles. The van der Waals surface area contributed by atoms with Gasteiger partial charge in [-0.2, -0.15) is 0 Å². The summed E-state index contributed by atoms with van der Waals surface area (Å²) in [6, 6.07) is 23.7. The highest BCUT2D eigenvalue weighted by atomic mass is 15.2. The Morgan fingerprint density at radius 2 is 1.69 bits per heavy atom. The predicted octanol–water partition coefficient (Wildman–Crippen LogP) is 4.93. The number of nitrogens with one attached hydrogen (secondary N) is 1. The molecule has 1 saturated heterocycles. The Bertz CT molecular complexity index is 1410. The molecule has 0 atom stereocenters. The van der Waals surface area contributed by atoms with E-state index in [0.717, 1.165) is 59.7 Å². The van der Waals surface area contributed by atoms with Crippen LogP contribution in [0.25, 0.3) is 38.9 Å². The lowest BCUT2D eigenvalue weighted by atomic mass is 10.0. The number of piperazine rings is 1. The number of hydrogen-bond acceptors (Lipinski definition) is 4. The van der Waals surface area contributed by atoms with Crippen LogP contribution in [0.4, 0.5) is 5.69 Å². The zero-order chi connectivity index (χ0) is 21.5. The van der Waals surface area contributed by atoms with Gasteiger partial charge in [-0.1, -0.05) is 30.3 Å². The van der Waals surface area contributed by atoms with Crippen molar-refractivity contribution >= 4 is 22.2 Å². The van der Waals surface area contributed by atoms with Crippen molar-refractivity contribution in [3.63, 3.8) is 0 Å². The SMILES string of the molecule is Cc1cc(-c2cnc3cc(-c4ccc(N5CCNCC5)cc4)ccn23)c2ccccc2n1. The number of aryl methyl sites for hydroxylation is 1. The fourth-order valence-electron chi connectivity index (χ4n) is 4.67. The average Bonchev–Trinajstić information content (AvgIpc) is 3.27. The van der Waals surface area contributed by atoms with E-state index >= 15 is 0 Å². The Hall–Kier alpha value is -3.70. The molecule has 0 bridgehead atoms. The van der Waals surface area contributed by atoms with Gasteiger partial charge in [0.05, 0.1) is 17.4 Å². The van der Waals surface area contributed by atoms with Gasteiger partial charge >= 0.3 is 0 Å². The van der Waals surface area contributed by atoms with Crippen LogP contribution in [-0.4, -0.2) is 40.5 Å². The summed E-state index contributed by atoms with van der Waals surface area (Å²) in [6.45, 7) is 6.26. The van der Waals surface area contributed by atoms with Crippen molar-refractivity contribution in [3.05, 3.63) is 84.8 Å². The van der Waals surface area contributed by atoms with Crippen molar-refractivity contribution in [2.45, 2.75) is 6.92 Å². The molecule has 5 aromatic rings. The summed E-state index contributed by atoms with van der Waals surface area (Å²) in [5.41, 5.74) is 8.89. The minimum Gasteiger partial charge on any atom is -0.369 e. The number of rotatable bonds is 3. The van der Waals surface area contributed by atoms with Gasteiger partial charge in [0.15, 0.2) is 0 Å². The number of benzene rings is 2. The Morgan fingerprint density at radius 1 is 0.875 bits per heavy atom. The zero-order valence-electron chi connectivity index (χ0n) is 18.1. The number of imidazole rings is 1. The maximum Gasteiger partial charge on any atom is 0.137 e. The second-order valence-corrected chi connectivity index (χ2v) is 8.40. The van der Waals surface area contributed by atoms with Gasteiger partial charge in [-0.3, -0.25) is 9.38 Å². The summed E-state index contributed by atoms with van der Waals surface area (Å²) in [4.78, 5) is 11.9. The second-order valence-electron chi connectivity index (χ2n) is 8.40. The molecule has 0 saturated carbocycles. The van der Waals surface area contributed by atoms with Crippen molar-refractivity contribution in [2.24, 2.45) is 0 Å². The smallest absolute Gasteiger partial charge is 0.137 e. The number of pyridine rings is 2. The lowest BCUT2D eigenvalue weighted by Gasteiger charge is -2.29. The first-order valence-electron chi connectivity index (χ1n) is 11.2. The summed E-state index contributed by atoms with van der Waals surface area (Å²) < 4.78 is 2.17. The minimum absolute atomic E-state index is 0.947. The fourth-order valence-corrected chi connectivity index (χ4v) is 4.67. The van der Waals surface area contributed by atoms with Gasteiger partial charge in [-0.25, -0.2) is 4.98 Å². The van der Waals surface area contributed by atoms with Gasteiger partial charge < -0.3 is 10.2 Å². The average molecular weight is 420 g/mol. The van der Waals surface area contributed by atoms with E-state index < -0.39 is 0 Å². The van der Waals surface area contributed by atoms with Crippen LogP contribution in [0.1, 0.15) is 5.69 Å². The monoisotopic (exact) mass is 419 g/mol. The van der Waals surface area contributed by atoms with Crippen molar-refractivity contribution in [1.82, 2.24) is 19.7 Å². The van der Waals surface area contributed by atoms with Gasteiger partial charge in [0, 0.05) is 54.7 Å². The molecule has 0 spiro atoms. The topological polar surface area (TPSA) is 45.5 Å². The number of nitrogens with zero attached hydrogens (tertiary/aromatic N) is 4. The van der Waals surface area contributed by atoms with Crippen molar-refractivity contribution in [2.75, 3.05) is 31.1 Å². The summed E-state index contributed by atoms with van der Waals surface area (Å²) in [5, 5.41) is 4.56. The van der Waals surface area contributed by atoms with E-state index in [1.165, 1.54) is 16.8 Å². The molecule has 6 rings (SSSR count). The molecule has 2 aromatic carbocycles. The van der Waals surface area contributed by atoms with E-state index in [4.69, 9.17) is 4.98 Å². The lowest BCUT2D eigenvalue weighted by Crippen LogP contribution is -2.43. The van der Waals surface area contributed by atoms with E-state index in [-0.39, 0.29) is 0 Å². The molecule has 0 radical (unpaired) electrons. The van der Waals surface area contributed by atoms with Crippen molar-refractivity contribution in [1.29, 1.82) is 0 Å². The van der Waals surface area contributed by atoms with Crippen LogP contribution in [0.5, 0.6) is 0 Å². The Morgan fingerprint density at radius 3 is 2.53 bits per heavy atom. The number of fused-ring (bicyclic) bond motifs is 2. The van der Waals surface area contributed by atoms with Crippen molar-refractivity contribution < 1.29 is 0 Å². The highest BCUT2D eigenvalue weighted by molar-refractivity contribution is 5.94. The first-order valence-corrected chi connectivity index (χ1v) is 11.2. The Kier molecular flexibility index (Phi) is 4.62. The first kappa shape index (κ1) is 19.0. The molecule has 3 aromatic heterocycles. The predicted molar refractivity (Wildman–Crippen MR) is 131 cm³/mol. The Balaban J connectivity index is 1.37. The molecule has 158 valence electrons. The Labute approximate surface area is 187 Å². The third kappa shape index (κ3) is 3.31. The molecule has 0 unspecified atom stereocenters. The van der Waals surface area contributed by atoms with Crippen LogP contribution < -0.4 is 10.2 Å². The van der Waals surface area contributed by atoms with Gasteiger partial charge in [0.1, 0.15) is 5.65 Å². The van der Waals surface area contributed by atoms with E-state index in [1.54, 1.807) is 0 Å². The highest BCUT2D eigenvalue weighted by Gasteiger charge is 2.13. The maximum atomic E-state index is 4.74. The van der Waals surface area contributed by atoms with E-state index in [1.807, 2.05) is 19.2 Å². The molecule has 32 heavy (non-hydrogen) atoms. The number of hydrogen-bond donors (Lipinski definition) is 1. The van der Waals surface area contributed by atoms with Crippen LogP contribution in [0.2, 0.25) is 0 Å². The van der Waals surface area contributed by atoms with Crippen LogP contribution in [0.15, 0.2) is 79.1 Å². The standard InChI is InChI=1S/C27H25N5/c1-19-16-24(23-4-2-3-5-25(23)30-19)26-18-29-27-17-21(10-13-32(26)27)20-6-8-22(9-7-20)31-14-11-28-12-15-31/h2-10,13,16-18,28H,11-12,14-15H2,1H3. The molecular weight excluding hydrogens is 394 g/mol. The van der Waals surface area contributed by atoms with E-state index in [9.17, 15) is 0 Å². The molecule has 0 aliphatic carbocycles. The normalized spacial score (nSPS) is 14.3. The maximum absolute atomic E-state index is 4.74. The number of aromatic nitrogens is 3. The number of para-hydroxylation sites is 1. The lowest BCUT2D eigenvalue weighted by molar-refractivity contribution is 0.589. The third-order valence-electron chi connectivity index (χ3n) is 6.32. The summed E-state index contributed by atoms with van der Waals surface area (Å²) >= 11 is 0. The molecule has 1 fully saturated rings. The molecule has 1 N–H and O–H groups in total. The summed E-state index contributed by atoms with van der Waals surface area (Å²) in [7, 11) is 0. The van der Waals surface area contributed by atoms with Crippen LogP contribution >= 0.6 is 0 Å². The van der Waals surface area contributed by atoms with Gasteiger partial charge in [-0.15, -0.1) is 0 Å². The van der Waals surface area contributed by atoms with E-state index in [0.29, 0.717) is 0 Å². The van der Waals surface area contributed by atoms with Gasteiger partial charge in [0.25, 0.3) is 0 Å². The summed E-state index contributed by atoms with van der Waals surface area (Å²) in [5.74, 6) is 0. The minimum atomic E-state index is 0.947. The molecule has 1 aliphatic rings. The molecule has 0 amide bonds. The fraction of sp³-hybridized carbons (Fsp3) is 0.185. The molecular formula is C27H25N5. The first-order chi connectivity index (χ1) is 15.8.